The van der Waals surface area contributed by atoms with E-state index in [1.807, 2.05) is 20.8 Å². The molecule has 0 atom stereocenters. The van der Waals surface area contributed by atoms with E-state index in [4.69, 9.17) is 4.84 Å². The summed E-state index contributed by atoms with van der Waals surface area (Å²) >= 11 is 0. The van der Waals surface area contributed by atoms with Crippen molar-refractivity contribution in [2.45, 2.75) is 32.6 Å². The maximum atomic E-state index is 12.1. The van der Waals surface area contributed by atoms with E-state index < -0.39 is 16.0 Å². The highest BCUT2D eigenvalue weighted by molar-refractivity contribution is 7.89. The van der Waals surface area contributed by atoms with Crippen LogP contribution in [-0.4, -0.2) is 36.1 Å². The van der Waals surface area contributed by atoms with Crippen molar-refractivity contribution in [2.24, 2.45) is 5.92 Å². The third kappa shape index (κ3) is 3.98. The lowest BCUT2D eigenvalue weighted by Crippen LogP contribution is -2.23. The second-order valence-electron chi connectivity index (χ2n) is 5.57. The molecule has 8 nitrogen and oxygen atoms in total. The summed E-state index contributed by atoms with van der Waals surface area (Å²) in [6.45, 7) is 7.70. The SMILES string of the molecule is CCNS(=O)(=O)c1ccc2nnn(OC(=O)/C=C(\C)C(C)C)c2c1. The van der Waals surface area contributed by atoms with Crippen molar-refractivity contribution in [1.82, 2.24) is 19.9 Å². The second-order valence-corrected chi connectivity index (χ2v) is 7.33. The third-order valence-electron chi connectivity index (χ3n) is 3.46. The molecular weight excluding hydrogens is 332 g/mol. The lowest BCUT2D eigenvalue weighted by Gasteiger charge is -2.06. The minimum Gasteiger partial charge on any atom is -0.312 e. The highest BCUT2D eigenvalue weighted by Crippen LogP contribution is 2.17. The van der Waals surface area contributed by atoms with Gasteiger partial charge in [-0.15, -0.1) is 5.10 Å². The van der Waals surface area contributed by atoms with Crippen LogP contribution in [0.1, 0.15) is 27.7 Å². The van der Waals surface area contributed by atoms with Crippen molar-refractivity contribution < 1.29 is 18.0 Å². The van der Waals surface area contributed by atoms with Crippen molar-refractivity contribution in [1.29, 1.82) is 0 Å². The van der Waals surface area contributed by atoms with Gasteiger partial charge in [0.05, 0.1) is 4.90 Å². The predicted molar refractivity (Wildman–Crippen MR) is 88.6 cm³/mol. The molecule has 0 radical (unpaired) electrons. The Labute approximate surface area is 140 Å². The number of nitrogens with one attached hydrogen (secondary N) is 1. The van der Waals surface area contributed by atoms with E-state index in [1.165, 1.54) is 24.3 Å². The average Bonchev–Trinajstić information content (AvgIpc) is 2.89. The van der Waals surface area contributed by atoms with Crippen LogP contribution >= 0.6 is 0 Å². The first kappa shape index (κ1) is 18.1. The fraction of sp³-hybridized carbons (Fsp3) is 0.400. The molecule has 0 aliphatic carbocycles. The number of carbonyl (C=O) groups is 1. The lowest BCUT2D eigenvalue weighted by molar-refractivity contribution is -0.139. The van der Waals surface area contributed by atoms with Crippen LogP contribution in [0.15, 0.2) is 34.7 Å². The summed E-state index contributed by atoms with van der Waals surface area (Å²) in [6, 6.07) is 4.29. The Balaban J connectivity index is 2.36. The first-order valence-electron chi connectivity index (χ1n) is 7.50. The maximum absolute atomic E-state index is 12.1. The number of aromatic nitrogens is 3. The van der Waals surface area contributed by atoms with E-state index >= 15 is 0 Å². The molecule has 0 aliphatic heterocycles. The molecule has 0 bridgehead atoms. The van der Waals surface area contributed by atoms with E-state index in [2.05, 4.69) is 15.0 Å². The molecule has 0 saturated carbocycles. The molecule has 0 saturated heterocycles. The summed E-state index contributed by atoms with van der Waals surface area (Å²) < 4.78 is 26.5. The Morgan fingerprint density at radius 1 is 1.42 bits per heavy atom. The number of nitrogens with zero attached hydrogens (tertiary/aromatic N) is 3. The van der Waals surface area contributed by atoms with Crippen LogP contribution in [0.5, 0.6) is 0 Å². The van der Waals surface area contributed by atoms with Crippen LogP contribution in [0, 0.1) is 5.92 Å². The predicted octanol–water partition coefficient (Wildman–Crippen LogP) is 1.29. The minimum absolute atomic E-state index is 0.0466. The summed E-state index contributed by atoms with van der Waals surface area (Å²) in [7, 11) is -3.63. The molecule has 1 heterocycles. The molecule has 9 heteroatoms. The Morgan fingerprint density at radius 3 is 2.75 bits per heavy atom. The van der Waals surface area contributed by atoms with Gasteiger partial charge in [-0.05, 0) is 36.3 Å². The smallest absolute Gasteiger partial charge is 0.312 e. The first-order chi connectivity index (χ1) is 11.2. The van der Waals surface area contributed by atoms with Gasteiger partial charge in [0.1, 0.15) is 11.0 Å². The number of fused-ring (bicyclic) bond motifs is 1. The van der Waals surface area contributed by atoms with Gasteiger partial charge in [-0.2, -0.15) is 0 Å². The Morgan fingerprint density at radius 2 is 2.12 bits per heavy atom. The molecule has 0 fully saturated rings. The van der Waals surface area contributed by atoms with E-state index in [9.17, 15) is 13.2 Å². The van der Waals surface area contributed by atoms with Crippen LogP contribution in [0.2, 0.25) is 0 Å². The monoisotopic (exact) mass is 352 g/mol. The van der Waals surface area contributed by atoms with Gasteiger partial charge in [0.15, 0.2) is 0 Å². The quantitative estimate of drug-likeness (QED) is 0.621. The first-order valence-corrected chi connectivity index (χ1v) is 8.98. The zero-order valence-corrected chi connectivity index (χ0v) is 14.8. The van der Waals surface area contributed by atoms with Gasteiger partial charge in [0, 0.05) is 12.6 Å². The Bertz CT molecular complexity index is 884. The third-order valence-corrected chi connectivity index (χ3v) is 5.01. The molecule has 1 aromatic carbocycles. The van der Waals surface area contributed by atoms with Crippen LogP contribution in [-0.2, 0) is 14.8 Å². The largest absolute Gasteiger partial charge is 0.358 e. The van der Waals surface area contributed by atoms with Crippen molar-refractivity contribution in [2.75, 3.05) is 6.54 Å². The molecule has 24 heavy (non-hydrogen) atoms. The zero-order valence-electron chi connectivity index (χ0n) is 14.0. The topological polar surface area (TPSA) is 103 Å². The molecular formula is C15H20N4O4S. The van der Waals surface area contributed by atoms with Crippen LogP contribution < -0.4 is 9.56 Å². The minimum atomic E-state index is -3.63. The molecule has 2 aromatic rings. The number of sulfonamides is 1. The number of hydrogen-bond acceptors (Lipinski definition) is 6. The van der Waals surface area contributed by atoms with Crippen molar-refractivity contribution in [3.8, 4) is 0 Å². The maximum Gasteiger partial charge on any atom is 0.358 e. The number of rotatable bonds is 6. The van der Waals surface area contributed by atoms with Crippen molar-refractivity contribution in [3.05, 3.63) is 29.8 Å². The summed E-state index contributed by atoms with van der Waals surface area (Å²) in [6.07, 6.45) is 1.37. The fourth-order valence-corrected chi connectivity index (χ4v) is 2.91. The van der Waals surface area contributed by atoms with Crippen LogP contribution in [0.3, 0.4) is 0 Å². The summed E-state index contributed by atoms with van der Waals surface area (Å²) in [5.74, 6) is -0.394. The van der Waals surface area contributed by atoms with Gasteiger partial charge in [-0.1, -0.05) is 31.2 Å². The van der Waals surface area contributed by atoms with Gasteiger partial charge < -0.3 is 4.84 Å². The number of allylic oxidation sites excluding steroid dienone is 1. The Hall–Kier alpha value is -2.26. The summed E-state index contributed by atoms with van der Waals surface area (Å²) in [5, 5.41) is 7.59. The number of carbonyl (C=O) groups excluding carboxylic acids is 1. The van der Waals surface area contributed by atoms with E-state index in [1.54, 1.807) is 6.92 Å². The van der Waals surface area contributed by atoms with Crippen molar-refractivity contribution in [3.63, 3.8) is 0 Å². The van der Waals surface area contributed by atoms with Crippen molar-refractivity contribution >= 4 is 27.0 Å². The summed E-state index contributed by atoms with van der Waals surface area (Å²) in [4.78, 5) is 18.0. The molecule has 0 unspecified atom stereocenters. The van der Waals surface area contributed by atoms with Crippen LogP contribution in [0.25, 0.3) is 11.0 Å². The van der Waals surface area contributed by atoms with Crippen LogP contribution in [0.4, 0.5) is 0 Å². The number of benzene rings is 1. The fourth-order valence-electron chi connectivity index (χ4n) is 1.85. The molecule has 0 spiro atoms. The normalized spacial score (nSPS) is 12.8. The second kappa shape index (κ2) is 7.10. The molecule has 0 aliphatic rings. The number of hydrogen-bond donors (Lipinski definition) is 1. The van der Waals surface area contributed by atoms with Gasteiger partial charge in [-0.3, -0.25) is 0 Å². The zero-order chi connectivity index (χ0) is 17.9. The molecule has 0 amide bonds. The van der Waals surface area contributed by atoms with E-state index in [0.29, 0.717) is 5.52 Å². The van der Waals surface area contributed by atoms with Gasteiger partial charge >= 0.3 is 5.97 Å². The highest BCUT2D eigenvalue weighted by Gasteiger charge is 2.16. The van der Waals surface area contributed by atoms with E-state index in [-0.39, 0.29) is 22.9 Å². The van der Waals surface area contributed by atoms with Gasteiger partial charge in [-0.25, -0.2) is 17.9 Å². The molecule has 1 N–H and O–H groups in total. The molecule has 1 aromatic heterocycles. The van der Waals surface area contributed by atoms with E-state index in [0.717, 1.165) is 10.4 Å². The lowest BCUT2D eigenvalue weighted by atomic mass is 10.1. The molecule has 2 rings (SSSR count). The Kier molecular flexibility index (Phi) is 5.35. The summed E-state index contributed by atoms with van der Waals surface area (Å²) in [5.41, 5.74) is 1.57. The standard InChI is InChI=1S/C15H20N4O4S/c1-5-16-24(21,22)12-6-7-13-14(9-12)19(18-17-13)23-15(20)8-11(4)10(2)3/h6-10,16H,5H2,1-4H3/b11-8+. The molecule has 130 valence electrons. The average molecular weight is 352 g/mol. The highest BCUT2D eigenvalue weighted by atomic mass is 32.2. The van der Waals surface area contributed by atoms with Gasteiger partial charge in [0.2, 0.25) is 10.0 Å². The van der Waals surface area contributed by atoms with Gasteiger partial charge in [0.25, 0.3) is 0 Å².